The van der Waals surface area contributed by atoms with Gasteiger partial charge in [0.1, 0.15) is 34.2 Å². The van der Waals surface area contributed by atoms with Crippen LogP contribution in [0.15, 0.2) is 48.7 Å². The molecule has 62 heavy (non-hydrogen) atoms. The van der Waals surface area contributed by atoms with E-state index in [9.17, 15) is 28.8 Å². The minimum absolute atomic E-state index is 0.133. The molecule has 0 aliphatic carbocycles. The van der Waals surface area contributed by atoms with Crippen molar-refractivity contribution in [2.75, 3.05) is 41.7 Å². The zero-order valence-corrected chi connectivity index (χ0v) is 36.7. The van der Waals surface area contributed by atoms with Crippen LogP contribution in [0.5, 0.6) is 0 Å². The first-order valence-electron chi connectivity index (χ1n) is 21.4. The zero-order chi connectivity index (χ0) is 43.8. The van der Waals surface area contributed by atoms with Crippen molar-refractivity contribution in [3.8, 4) is 0 Å². The quantitative estimate of drug-likeness (QED) is 0.0695. The average molecular weight is 882 g/mol. The second-order valence-corrected chi connectivity index (χ2v) is 17.5. The van der Waals surface area contributed by atoms with Gasteiger partial charge >= 0.3 is 0 Å². The van der Waals surface area contributed by atoms with Gasteiger partial charge in [-0.15, -0.1) is 0 Å². The second-order valence-electron chi connectivity index (χ2n) is 16.1. The van der Waals surface area contributed by atoms with Gasteiger partial charge in [0.2, 0.25) is 17.7 Å². The normalized spacial score (nSPS) is 16.3. The van der Waals surface area contributed by atoms with Gasteiger partial charge in [0.15, 0.2) is 5.13 Å². The third-order valence-corrected chi connectivity index (χ3v) is 12.8. The van der Waals surface area contributed by atoms with Crippen LogP contribution in [0.1, 0.15) is 113 Å². The van der Waals surface area contributed by atoms with Crippen LogP contribution in [0, 0.1) is 13.8 Å². The molecule has 0 radical (unpaired) electrons. The van der Waals surface area contributed by atoms with Crippen LogP contribution in [0.2, 0.25) is 5.02 Å². The van der Waals surface area contributed by atoms with Crippen molar-refractivity contribution in [1.82, 2.24) is 30.1 Å². The Morgan fingerprint density at radius 1 is 0.903 bits per heavy atom. The number of thiazole rings is 1. The molecular weight excluding hydrogens is 830 g/mol. The molecule has 7 rings (SSSR count). The lowest BCUT2D eigenvalue weighted by Crippen LogP contribution is -2.52. The fourth-order valence-electron chi connectivity index (χ4n) is 8.23. The fourth-order valence-corrected chi connectivity index (χ4v) is 9.22. The maximum Gasteiger partial charge on any atom is 0.267 e. The number of ketones is 1. The summed E-state index contributed by atoms with van der Waals surface area (Å²) in [7, 11) is 0. The summed E-state index contributed by atoms with van der Waals surface area (Å²) in [6.07, 6.45) is 10.0. The second kappa shape index (κ2) is 20.4. The standard InChI is InChI=1S/C45H52ClN9O6S/c1-28-12-10-16-34(46)41(28)52-43(60)36-26-47-45(62-36)50-37-25-38(49-29(2)48-37)53-20-22-54(23-21-53)40(58)17-9-7-5-3-4-6-8-14-31(56)24-30-13-11-15-32-33(30)27-55(44(32)61)35-18-19-39(57)51-42(35)59/h10-13,15-16,25-26,35H,3-9,14,17-24,27H2,1-2H3,(H,52,60)(H,51,57,59)(H,47,48,49,50). The average Bonchev–Trinajstić information content (AvgIpc) is 3.86. The molecule has 5 amide bonds. The number of nitrogens with one attached hydrogen (secondary N) is 3. The first-order chi connectivity index (χ1) is 29.9. The number of unbranched alkanes of at least 4 members (excludes halogenated alkanes) is 6. The molecular formula is C45H52ClN9O6S. The topological polar surface area (TPSA) is 187 Å². The summed E-state index contributed by atoms with van der Waals surface area (Å²) in [6.45, 7) is 6.52. The highest BCUT2D eigenvalue weighted by Gasteiger charge is 2.40. The molecule has 2 aromatic carbocycles. The van der Waals surface area contributed by atoms with Gasteiger partial charge in [-0.3, -0.25) is 34.1 Å². The van der Waals surface area contributed by atoms with Crippen LogP contribution in [-0.4, -0.2) is 92.3 Å². The van der Waals surface area contributed by atoms with Crippen molar-refractivity contribution in [3.63, 3.8) is 0 Å². The number of nitrogens with zero attached hydrogens (tertiary/aromatic N) is 6. The number of benzene rings is 2. The highest BCUT2D eigenvalue weighted by molar-refractivity contribution is 7.17. The van der Waals surface area contributed by atoms with E-state index in [1.54, 1.807) is 18.2 Å². The Morgan fingerprint density at radius 2 is 1.63 bits per heavy atom. The number of hydrogen-bond acceptors (Lipinski definition) is 12. The summed E-state index contributed by atoms with van der Waals surface area (Å²) in [4.78, 5) is 95.6. The number of rotatable bonds is 18. The number of hydrogen-bond donors (Lipinski definition) is 3. The van der Waals surface area contributed by atoms with Gasteiger partial charge in [-0.1, -0.05) is 79.3 Å². The summed E-state index contributed by atoms with van der Waals surface area (Å²) in [5.74, 6) is 0.932. The number of halogens is 1. The highest BCUT2D eigenvalue weighted by atomic mass is 35.5. The van der Waals surface area contributed by atoms with Gasteiger partial charge in [0.05, 0.1) is 16.9 Å². The van der Waals surface area contributed by atoms with Gasteiger partial charge < -0.3 is 25.3 Å². The predicted octanol–water partition coefficient (Wildman–Crippen LogP) is 6.93. The Morgan fingerprint density at radius 3 is 2.37 bits per heavy atom. The SMILES string of the molecule is Cc1nc(Nc2ncc(C(=O)Nc3c(C)cccc3Cl)s2)cc(N2CCN(C(=O)CCCCCCCCCC(=O)Cc3cccc4c3CN(C3CCC(=O)NC3=O)C4=O)CC2)n1. The maximum atomic E-state index is 13.1. The van der Waals surface area contributed by atoms with Crippen molar-refractivity contribution in [2.45, 2.75) is 103 Å². The van der Waals surface area contributed by atoms with E-state index >= 15 is 0 Å². The molecule has 0 bridgehead atoms. The number of piperidine rings is 1. The van der Waals surface area contributed by atoms with Gasteiger partial charge in [-0.2, -0.15) is 0 Å². The highest BCUT2D eigenvalue weighted by Crippen LogP contribution is 2.31. The molecule has 0 spiro atoms. The summed E-state index contributed by atoms with van der Waals surface area (Å²) in [6, 6.07) is 12.0. The lowest BCUT2D eigenvalue weighted by atomic mass is 9.97. The van der Waals surface area contributed by atoms with Crippen molar-refractivity contribution < 1.29 is 28.8 Å². The van der Waals surface area contributed by atoms with E-state index < -0.39 is 11.9 Å². The molecule has 15 nitrogen and oxygen atoms in total. The molecule has 2 saturated heterocycles. The van der Waals surface area contributed by atoms with Crippen molar-refractivity contribution in [2.24, 2.45) is 0 Å². The van der Waals surface area contributed by atoms with Gasteiger partial charge in [0, 0.05) is 70.0 Å². The van der Waals surface area contributed by atoms with Crippen LogP contribution >= 0.6 is 22.9 Å². The number of aromatic nitrogens is 3. The Kier molecular flexibility index (Phi) is 14.6. The largest absolute Gasteiger partial charge is 0.353 e. The van der Waals surface area contributed by atoms with Gasteiger partial charge in [0.25, 0.3) is 11.8 Å². The molecule has 4 aromatic rings. The van der Waals surface area contributed by atoms with Crippen LogP contribution in [0.25, 0.3) is 0 Å². The van der Waals surface area contributed by atoms with E-state index in [1.807, 2.05) is 43.0 Å². The number of carbonyl (C=O) groups excluding carboxylic acids is 6. The number of anilines is 4. The summed E-state index contributed by atoms with van der Waals surface area (Å²) >= 11 is 7.50. The third kappa shape index (κ3) is 11.0. The monoisotopic (exact) mass is 881 g/mol. The number of carbonyl (C=O) groups is 6. The molecule has 3 aliphatic heterocycles. The number of Topliss-reactive ketones (excluding diaryl/α,β-unsaturated/α-hetero) is 1. The molecule has 2 aromatic heterocycles. The Balaban J connectivity index is 0.758. The van der Waals surface area contributed by atoms with E-state index in [0.29, 0.717) is 83.4 Å². The smallest absolute Gasteiger partial charge is 0.267 e. The number of fused-ring (bicyclic) bond motifs is 1. The van der Waals surface area contributed by atoms with Crippen molar-refractivity contribution in [1.29, 1.82) is 0 Å². The van der Waals surface area contributed by atoms with E-state index in [1.165, 1.54) is 22.4 Å². The molecule has 1 unspecified atom stereocenters. The molecule has 3 N–H and O–H groups in total. The minimum Gasteiger partial charge on any atom is -0.353 e. The maximum absolute atomic E-state index is 13.1. The van der Waals surface area contributed by atoms with Crippen LogP contribution in [0.3, 0.4) is 0 Å². The Bertz CT molecular complexity index is 2330. The predicted molar refractivity (Wildman–Crippen MR) is 238 cm³/mol. The van der Waals surface area contributed by atoms with Gasteiger partial charge in [-0.05, 0) is 61.9 Å². The number of imide groups is 1. The van der Waals surface area contributed by atoms with Gasteiger partial charge in [-0.25, -0.2) is 15.0 Å². The minimum atomic E-state index is -0.679. The molecule has 5 heterocycles. The first-order valence-corrected chi connectivity index (χ1v) is 22.6. The van der Waals surface area contributed by atoms with Crippen LogP contribution < -0.4 is 20.9 Å². The van der Waals surface area contributed by atoms with E-state index in [2.05, 4.69) is 35.8 Å². The van der Waals surface area contributed by atoms with Crippen molar-refractivity contribution in [3.05, 3.63) is 86.6 Å². The van der Waals surface area contributed by atoms with Crippen LogP contribution in [0.4, 0.5) is 22.5 Å². The number of aryl methyl sites for hydroxylation is 2. The van der Waals surface area contributed by atoms with E-state index in [-0.39, 0.29) is 48.8 Å². The van der Waals surface area contributed by atoms with Crippen LogP contribution in [-0.2, 0) is 32.1 Å². The van der Waals surface area contributed by atoms with E-state index in [0.717, 1.165) is 67.5 Å². The molecule has 2 fully saturated rings. The number of para-hydroxylation sites is 1. The molecule has 0 saturated carbocycles. The number of piperazine rings is 1. The molecule has 326 valence electrons. The van der Waals surface area contributed by atoms with Crippen molar-refractivity contribution >= 4 is 80.7 Å². The molecule has 1 atom stereocenters. The first kappa shape index (κ1) is 44.3. The van der Waals surface area contributed by atoms with E-state index in [4.69, 9.17) is 11.6 Å². The summed E-state index contributed by atoms with van der Waals surface area (Å²) in [5.41, 5.74) is 3.59. The summed E-state index contributed by atoms with van der Waals surface area (Å²) in [5, 5.41) is 9.40. The zero-order valence-electron chi connectivity index (χ0n) is 35.1. The number of amides is 5. The Labute approximate surface area is 370 Å². The third-order valence-electron chi connectivity index (χ3n) is 11.6. The molecule has 17 heteroatoms. The lowest BCUT2D eigenvalue weighted by Gasteiger charge is -2.35. The fraction of sp³-hybridized carbons (Fsp3) is 0.444. The lowest BCUT2D eigenvalue weighted by molar-refractivity contribution is -0.137. The molecule has 3 aliphatic rings. The Hall–Kier alpha value is -5.74. The summed E-state index contributed by atoms with van der Waals surface area (Å²) < 4.78 is 0.